The molecular weight excluding hydrogens is 162 g/mol. The van der Waals surface area contributed by atoms with E-state index in [0.29, 0.717) is 0 Å². The number of primary amides is 1. The molecule has 0 saturated carbocycles. The van der Waals surface area contributed by atoms with Crippen LogP contribution < -0.4 is 5.73 Å². The van der Waals surface area contributed by atoms with Gasteiger partial charge in [-0.3, -0.25) is 9.59 Å². The van der Waals surface area contributed by atoms with Crippen molar-refractivity contribution in [3.05, 3.63) is 6.42 Å². The van der Waals surface area contributed by atoms with Crippen molar-refractivity contribution < 1.29 is 19.1 Å². The fourth-order valence-electron chi connectivity index (χ4n) is 0.995. The summed E-state index contributed by atoms with van der Waals surface area (Å²) in [6.07, 6.45) is 1.39. The number of nitrogens with two attached hydrogens (primary N) is 1. The van der Waals surface area contributed by atoms with Crippen LogP contribution in [0.2, 0.25) is 0 Å². The highest BCUT2D eigenvalue weighted by atomic mass is 16.7. The Kier molecular flexibility index (Phi) is 2.32. The Hall–Kier alpha value is -1.10. The average molecular weight is 172 g/mol. The van der Waals surface area contributed by atoms with Gasteiger partial charge >= 0.3 is 5.97 Å². The highest BCUT2D eigenvalue weighted by Gasteiger charge is 2.47. The van der Waals surface area contributed by atoms with Gasteiger partial charge in [0.1, 0.15) is 0 Å². The first-order valence-corrected chi connectivity index (χ1v) is 3.61. The minimum Gasteiger partial charge on any atom is -0.423 e. The standard InChI is InChI=1S/C7H10NO4/c1-2-11-7(6(8)10)4-3-5(9)12-7/h4H,2-3H2,1H3,(H2,8,10). The molecule has 0 spiro atoms. The number of hydrogen-bond donors (Lipinski definition) is 1. The van der Waals surface area contributed by atoms with Crippen molar-refractivity contribution in [2.75, 3.05) is 6.61 Å². The molecule has 1 aliphatic rings. The second-order valence-electron chi connectivity index (χ2n) is 2.35. The normalized spacial score (nSPS) is 28.6. The lowest BCUT2D eigenvalue weighted by atomic mass is 10.2. The minimum absolute atomic E-state index is 0.0585. The Morgan fingerprint density at radius 3 is 2.92 bits per heavy atom. The van der Waals surface area contributed by atoms with Gasteiger partial charge in [0, 0.05) is 6.61 Å². The molecule has 0 aromatic carbocycles. The first kappa shape index (κ1) is 8.99. The van der Waals surface area contributed by atoms with Crippen LogP contribution in [0.25, 0.3) is 0 Å². The van der Waals surface area contributed by atoms with Crippen molar-refractivity contribution in [2.24, 2.45) is 5.73 Å². The number of esters is 1. The molecule has 0 aromatic heterocycles. The predicted molar refractivity (Wildman–Crippen MR) is 38.6 cm³/mol. The third kappa shape index (κ3) is 1.40. The maximum absolute atomic E-state index is 10.8. The van der Waals surface area contributed by atoms with E-state index in [9.17, 15) is 9.59 Å². The summed E-state index contributed by atoms with van der Waals surface area (Å²) in [5.41, 5.74) is 5.01. The molecule has 1 unspecified atom stereocenters. The summed E-state index contributed by atoms with van der Waals surface area (Å²) < 4.78 is 9.61. The molecule has 1 amide bonds. The number of carbonyl (C=O) groups excluding carboxylic acids is 2. The SMILES string of the molecule is CCOC1(C(N)=O)[CH]CC(=O)O1. The third-order valence-electron chi connectivity index (χ3n) is 1.51. The monoisotopic (exact) mass is 172 g/mol. The summed E-state index contributed by atoms with van der Waals surface area (Å²) in [5.74, 6) is -2.91. The molecule has 1 fully saturated rings. The van der Waals surface area contributed by atoms with Gasteiger partial charge in [-0.2, -0.15) is 0 Å². The van der Waals surface area contributed by atoms with E-state index in [1.54, 1.807) is 6.92 Å². The molecule has 1 aliphatic heterocycles. The molecule has 67 valence electrons. The zero-order valence-electron chi connectivity index (χ0n) is 6.70. The molecule has 0 aliphatic carbocycles. The van der Waals surface area contributed by atoms with Gasteiger partial charge in [0.05, 0.1) is 12.8 Å². The van der Waals surface area contributed by atoms with E-state index in [4.69, 9.17) is 10.5 Å². The zero-order valence-corrected chi connectivity index (χ0v) is 6.70. The molecule has 1 heterocycles. The first-order chi connectivity index (χ1) is 5.60. The van der Waals surface area contributed by atoms with Gasteiger partial charge in [0.2, 0.25) is 0 Å². The van der Waals surface area contributed by atoms with Gasteiger partial charge in [-0.25, -0.2) is 0 Å². The van der Waals surface area contributed by atoms with Crippen molar-refractivity contribution in [1.82, 2.24) is 0 Å². The van der Waals surface area contributed by atoms with Gasteiger partial charge in [0.15, 0.2) is 0 Å². The van der Waals surface area contributed by atoms with E-state index in [1.165, 1.54) is 6.42 Å². The molecule has 5 nitrogen and oxygen atoms in total. The molecule has 1 rings (SSSR count). The quantitative estimate of drug-likeness (QED) is 0.574. The van der Waals surface area contributed by atoms with Crippen LogP contribution in [0, 0.1) is 6.42 Å². The first-order valence-electron chi connectivity index (χ1n) is 3.61. The molecular formula is C7H10NO4. The molecule has 0 bridgehead atoms. The number of amides is 1. The van der Waals surface area contributed by atoms with Crippen LogP contribution in [0.1, 0.15) is 13.3 Å². The minimum atomic E-state index is -1.62. The van der Waals surface area contributed by atoms with Crippen molar-refractivity contribution in [3.63, 3.8) is 0 Å². The molecule has 12 heavy (non-hydrogen) atoms. The smallest absolute Gasteiger partial charge is 0.309 e. The molecule has 2 N–H and O–H groups in total. The lowest BCUT2D eigenvalue weighted by Crippen LogP contribution is -2.46. The predicted octanol–water partition coefficient (Wildman–Crippen LogP) is -0.644. The van der Waals surface area contributed by atoms with Crippen molar-refractivity contribution >= 4 is 11.9 Å². The topological polar surface area (TPSA) is 78.6 Å². The van der Waals surface area contributed by atoms with Gasteiger partial charge in [-0.1, -0.05) is 0 Å². The Balaban J connectivity index is 2.74. The van der Waals surface area contributed by atoms with Crippen molar-refractivity contribution in [3.8, 4) is 0 Å². The molecule has 5 heteroatoms. The number of rotatable bonds is 3. The second kappa shape index (κ2) is 3.10. The van der Waals surface area contributed by atoms with E-state index in [-0.39, 0.29) is 13.0 Å². The van der Waals surface area contributed by atoms with Crippen LogP contribution in [0.3, 0.4) is 0 Å². The Bertz CT molecular complexity index is 215. The lowest BCUT2D eigenvalue weighted by molar-refractivity contribution is -0.200. The molecule has 1 atom stereocenters. The summed E-state index contributed by atoms with van der Waals surface area (Å²) in [4.78, 5) is 21.5. The summed E-state index contributed by atoms with van der Waals surface area (Å²) in [6, 6.07) is 0. The third-order valence-corrected chi connectivity index (χ3v) is 1.51. The summed E-state index contributed by atoms with van der Waals surface area (Å²) in [5, 5.41) is 0. The highest BCUT2D eigenvalue weighted by Crippen LogP contribution is 2.26. The Labute approximate surface area is 69.8 Å². The van der Waals surface area contributed by atoms with Crippen LogP contribution >= 0.6 is 0 Å². The summed E-state index contributed by atoms with van der Waals surface area (Å²) in [6.45, 7) is 1.94. The van der Waals surface area contributed by atoms with E-state index < -0.39 is 17.7 Å². The van der Waals surface area contributed by atoms with Crippen LogP contribution in [0.4, 0.5) is 0 Å². The average Bonchev–Trinajstić information content (AvgIpc) is 2.34. The second-order valence-corrected chi connectivity index (χ2v) is 2.35. The van der Waals surface area contributed by atoms with Crippen LogP contribution in [0.15, 0.2) is 0 Å². The van der Waals surface area contributed by atoms with E-state index >= 15 is 0 Å². The zero-order chi connectivity index (χ0) is 9.19. The number of cyclic esters (lactones) is 1. The van der Waals surface area contributed by atoms with E-state index in [1.807, 2.05) is 0 Å². The van der Waals surface area contributed by atoms with E-state index in [0.717, 1.165) is 0 Å². The highest BCUT2D eigenvalue weighted by molar-refractivity contribution is 5.90. The fourth-order valence-corrected chi connectivity index (χ4v) is 0.995. The number of hydrogen-bond acceptors (Lipinski definition) is 4. The van der Waals surface area contributed by atoms with E-state index in [2.05, 4.69) is 4.74 Å². The maximum Gasteiger partial charge on any atom is 0.309 e. The Morgan fingerprint density at radius 1 is 1.92 bits per heavy atom. The maximum atomic E-state index is 10.8. The van der Waals surface area contributed by atoms with Crippen molar-refractivity contribution in [2.45, 2.75) is 19.1 Å². The molecule has 1 radical (unpaired) electrons. The molecule has 0 aromatic rings. The lowest BCUT2D eigenvalue weighted by Gasteiger charge is -2.22. The summed E-state index contributed by atoms with van der Waals surface area (Å²) >= 11 is 0. The van der Waals surface area contributed by atoms with Crippen LogP contribution in [-0.4, -0.2) is 24.3 Å². The molecule has 1 saturated heterocycles. The van der Waals surface area contributed by atoms with Gasteiger partial charge < -0.3 is 15.2 Å². The van der Waals surface area contributed by atoms with Gasteiger partial charge in [-0.05, 0) is 6.92 Å². The number of carbonyl (C=O) groups is 2. The largest absolute Gasteiger partial charge is 0.423 e. The Morgan fingerprint density at radius 2 is 2.58 bits per heavy atom. The fraction of sp³-hybridized carbons (Fsp3) is 0.571. The number of ether oxygens (including phenoxy) is 2. The summed E-state index contributed by atoms with van der Waals surface area (Å²) in [7, 11) is 0. The van der Waals surface area contributed by atoms with Gasteiger partial charge in [-0.15, -0.1) is 0 Å². The van der Waals surface area contributed by atoms with Crippen LogP contribution in [0.5, 0.6) is 0 Å². The van der Waals surface area contributed by atoms with Crippen LogP contribution in [-0.2, 0) is 19.1 Å². The van der Waals surface area contributed by atoms with Gasteiger partial charge in [0.25, 0.3) is 11.7 Å². The van der Waals surface area contributed by atoms with Crippen molar-refractivity contribution in [1.29, 1.82) is 0 Å².